The molecule has 0 saturated carbocycles. The van der Waals surface area contributed by atoms with Crippen LogP contribution in [0.4, 0.5) is 0 Å². The van der Waals surface area contributed by atoms with Gasteiger partial charge in [0.15, 0.2) is 16.9 Å². The second-order valence-electron chi connectivity index (χ2n) is 5.76. The summed E-state index contributed by atoms with van der Waals surface area (Å²) in [5, 5.41) is 0.291. The van der Waals surface area contributed by atoms with Gasteiger partial charge < -0.3 is 9.30 Å². The Morgan fingerprint density at radius 1 is 1.27 bits per heavy atom. The van der Waals surface area contributed by atoms with E-state index in [2.05, 4.69) is 20.9 Å². The number of imidazole rings is 1. The molecule has 0 aliphatic rings. The van der Waals surface area contributed by atoms with Crippen molar-refractivity contribution in [2.45, 2.75) is 13.5 Å². The topological polar surface area (TPSA) is 88.1 Å². The Morgan fingerprint density at radius 2 is 1.96 bits per heavy atom. The van der Waals surface area contributed by atoms with E-state index >= 15 is 0 Å². The van der Waals surface area contributed by atoms with Crippen LogP contribution in [0, 0.1) is 6.92 Å². The number of rotatable bonds is 3. The Balaban J connectivity index is 1.97. The summed E-state index contributed by atoms with van der Waals surface area (Å²) in [6.45, 7) is 1.51. The number of carbonyl (C=O) groups is 1. The average molecular weight is 442 g/mol. The number of benzene rings is 1. The highest BCUT2D eigenvalue weighted by atomic mass is 79.9. The van der Waals surface area contributed by atoms with E-state index in [0.717, 1.165) is 9.04 Å². The monoisotopic (exact) mass is 440 g/mol. The molecule has 0 N–H and O–H groups in total. The molecule has 0 saturated heterocycles. The number of fused-ring (bicyclic) bond motifs is 1. The van der Waals surface area contributed by atoms with Crippen LogP contribution in [-0.2, 0) is 25.4 Å². The third-order valence-electron chi connectivity index (χ3n) is 3.93. The van der Waals surface area contributed by atoms with E-state index < -0.39 is 17.2 Å². The fraction of sp³-hybridized carbons (Fsp3) is 0.250. The minimum atomic E-state index is -0.618. The van der Waals surface area contributed by atoms with Gasteiger partial charge in [-0.1, -0.05) is 27.5 Å². The molecule has 0 aliphatic carbocycles. The van der Waals surface area contributed by atoms with Gasteiger partial charge in [-0.15, -0.1) is 0 Å². The van der Waals surface area contributed by atoms with Crippen molar-refractivity contribution in [1.82, 2.24) is 18.7 Å². The molecule has 2 heterocycles. The Morgan fingerprint density at radius 3 is 2.62 bits per heavy atom. The second kappa shape index (κ2) is 6.73. The lowest BCUT2D eigenvalue weighted by atomic mass is 10.2. The van der Waals surface area contributed by atoms with Crippen molar-refractivity contribution in [3.63, 3.8) is 0 Å². The lowest BCUT2D eigenvalue weighted by Crippen LogP contribution is -2.37. The van der Waals surface area contributed by atoms with Crippen molar-refractivity contribution in [2.75, 3.05) is 0 Å². The number of aromatic nitrogens is 4. The molecule has 0 radical (unpaired) electrons. The highest BCUT2D eigenvalue weighted by Gasteiger charge is 2.18. The fourth-order valence-corrected chi connectivity index (χ4v) is 3.63. The van der Waals surface area contributed by atoms with Gasteiger partial charge in [-0.05, 0) is 24.6 Å². The van der Waals surface area contributed by atoms with E-state index in [9.17, 15) is 14.4 Å². The van der Waals surface area contributed by atoms with Crippen LogP contribution in [0.5, 0.6) is 5.75 Å². The Kier molecular flexibility index (Phi) is 4.76. The molecule has 0 bridgehead atoms. The third-order valence-corrected chi connectivity index (χ3v) is 4.67. The van der Waals surface area contributed by atoms with Crippen LogP contribution in [0.25, 0.3) is 11.2 Å². The van der Waals surface area contributed by atoms with E-state index in [4.69, 9.17) is 16.3 Å². The van der Waals surface area contributed by atoms with Crippen molar-refractivity contribution in [3.05, 3.63) is 54.4 Å². The lowest BCUT2D eigenvalue weighted by molar-refractivity contribution is -0.135. The first-order valence-corrected chi connectivity index (χ1v) is 8.65. The highest BCUT2D eigenvalue weighted by Crippen LogP contribution is 2.32. The zero-order chi connectivity index (χ0) is 19.2. The Labute approximate surface area is 160 Å². The van der Waals surface area contributed by atoms with Gasteiger partial charge in [-0.3, -0.25) is 13.9 Å². The van der Waals surface area contributed by atoms with Crippen LogP contribution in [0.1, 0.15) is 5.56 Å². The van der Waals surface area contributed by atoms with Crippen molar-refractivity contribution in [3.8, 4) is 5.75 Å². The average Bonchev–Trinajstić information content (AvgIpc) is 2.98. The molecule has 0 unspecified atom stereocenters. The first-order valence-electron chi connectivity index (χ1n) is 7.48. The largest absolute Gasteiger partial charge is 0.423 e. The standard InChI is InChI=1S/C16H14BrClN4O4/c1-8-4-9(17)5-10(18)13(8)26-11(23)6-22-7-19-14-12(22)15(24)21(3)16(25)20(14)2/h4-5,7H,6H2,1-3H3. The molecule has 0 spiro atoms. The highest BCUT2D eigenvalue weighted by molar-refractivity contribution is 9.10. The number of nitrogens with zero attached hydrogens (tertiary/aromatic N) is 4. The van der Waals surface area contributed by atoms with Gasteiger partial charge in [0.05, 0.1) is 11.3 Å². The van der Waals surface area contributed by atoms with Crippen molar-refractivity contribution in [2.24, 2.45) is 14.1 Å². The lowest BCUT2D eigenvalue weighted by Gasteiger charge is -2.11. The van der Waals surface area contributed by atoms with Gasteiger partial charge >= 0.3 is 11.7 Å². The molecule has 3 rings (SSSR count). The van der Waals surface area contributed by atoms with Crippen LogP contribution in [0.3, 0.4) is 0 Å². The molecule has 3 aromatic rings. The van der Waals surface area contributed by atoms with Gasteiger partial charge in [-0.2, -0.15) is 0 Å². The molecule has 1 aromatic carbocycles. The summed E-state index contributed by atoms with van der Waals surface area (Å²) < 4.78 is 9.68. The molecule has 136 valence electrons. The molecule has 0 atom stereocenters. The molecule has 8 nitrogen and oxygen atoms in total. The molecule has 26 heavy (non-hydrogen) atoms. The first-order chi connectivity index (χ1) is 12.2. The van der Waals surface area contributed by atoms with Gasteiger partial charge in [0.25, 0.3) is 5.56 Å². The van der Waals surface area contributed by atoms with E-state index in [-0.39, 0.29) is 23.5 Å². The number of carbonyl (C=O) groups excluding carboxylic acids is 1. The zero-order valence-corrected chi connectivity index (χ0v) is 16.5. The number of aryl methyl sites for hydroxylation is 2. The minimum absolute atomic E-state index is 0.144. The molecular formula is C16H14BrClN4O4. The number of hydrogen-bond donors (Lipinski definition) is 0. The molecular weight excluding hydrogens is 428 g/mol. The number of esters is 1. The number of halogens is 2. The van der Waals surface area contributed by atoms with E-state index in [1.54, 1.807) is 19.1 Å². The summed E-state index contributed by atoms with van der Waals surface area (Å²) in [5.74, 6) is -0.364. The molecule has 2 aromatic heterocycles. The third kappa shape index (κ3) is 3.08. The summed E-state index contributed by atoms with van der Waals surface area (Å²) in [7, 11) is 2.87. The number of hydrogen-bond acceptors (Lipinski definition) is 5. The molecule has 10 heteroatoms. The summed E-state index contributed by atoms with van der Waals surface area (Å²) in [4.78, 5) is 40.7. The van der Waals surface area contributed by atoms with E-state index in [1.807, 2.05) is 0 Å². The second-order valence-corrected chi connectivity index (χ2v) is 7.08. The summed E-state index contributed by atoms with van der Waals surface area (Å²) in [5.41, 5.74) is -0.000644. The van der Waals surface area contributed by atoms with Crippen molar-refractivity contribution in [1.29, 1.82) is 0 Å². The quantitative estimate of drug-likeness (QED) is 0.456. The van der Waals surface area contributed by atoms with Crippen LogP contribution in [0.2, 0.25) is 5.02 Å². The Bertz CT molecular complexity index is 1140. The predicted octanol–water partition coefficient (Wildman–Crippen LogP) is 1.76. The molecule has 0 amide bonds. The normalized spacial score (nSPS) is 11.1. The van der Waals surface area contributed by atoms with Crippen LogP contribution in [-0.4, -0.2) is 24.7 Å². The summed E-state index contributed by atoms with van der Waals surface area (Å²) >= 11 is 9.44. The maximum absolute atomic E-state index is 12.4. The Hall–Kier alpha value is -2.39. The summed E-state index contributed by atoms with van der Waals surface area (Å²) in [6.07, 6.45) is 1.32. The van der Waals surface area contributed by atoms with Crippen molar-refractivity contribution < 1.29 is 9.53 Å². The maximum atomic E-state index is 12.4. The van der Waals surface area contributed by atoms with Gasteiger partial charge in [0.1, 0.15) is 6.54 Å². The van der Waals surface area contributed by atoms with E-state index in [0.29, 0.717) is 10.6 Å². The number of ether oxygens (including phenoxy) is 1. The SMILES string of the molecule is Cc1cc(Br)cc(Cl)c1OC(=O)Cn1cnc2c1c(=O)n(C)c(=O)n2C. The van der Waals surface area contributed by atoms with Crippen LogP contribution >= 0.6 is 27.5 Å². The van der Waals surface area contributed by atoms with Crippen LogP contribution in [0.15, 0.2) is 32.5 Å². The van der Waals surface area contributed by atoms with Gasteiger partial charge in [-0.25, -0.2) is 14.6 Å². The fourth-order valence-electron chi connectivity index (χ4n) is 2.62. The zero-order valence-electron chi connectivity index (χ0n) is 14.1. The minimum Gasteiger partial charge on any atom is -0.423 e. The van der Waals surface area contributed by atoms with Crippen LogP contribution < -0.4 is 16.0 Å². The summed E-state index contributed by atoms with van der Waals surface area (Å²) in [6, 6.07) is 3.39. The first kappa shape index (κ1) is 18.4. The molecule has 0 fully saturated rings. The molecule has 0 aliphatic heterocycles. The predicted molar refractivity (Wildman–Crippen MR) is 99.7 cm³/mol. The van der Waals surface area contributed by atoms with E-state index in [1.165, 1.54) is 29.6 Å². The maximum Gasteiger partial charge on any atom is 0.332 e. The van der Waals surface area contributed by atoms with Gasteiger partial charge in [0.2, 0.25) is 0 Å². The smallest absolute Gasteiger partial charge is 0.332 e. The van der Waals surface area contributed by atoms with Gasteiger partial charge in [0, 0.05) is 18.6 Å². The van der Waals surface area contributed by atoms with Crippen molar-refractivity contribution >= 4 is 44.7 Å².